The summed E-state index contributed by atoms with van der Waals surface area (Å²) in [5.41, 5.74) is 2.08. The molecule has 3 aromatic rings. The highest BCUT2D eigenvalue weighted by molar-refractivity contribution is 8.14. The van der Waals surface area contributed by atoms with Gasteiger partial charge in [-0.3, -0.25) is 4.98 Å². The van der Waals surface area contributed by atoms with E-state index in [9.17, 15) is 0 Å². The van der Waals surface area contributed by atoms with Crippen LogP contribution in [0.5, 0.6) is 0 Å². The predicted octanol–water partition coefficient (Wildman–Crippen LogP) is 4.93. The van der Waals surface area contributed by atoms with Crippen molar-refractivity contribution >= 4 is 16.9 Å². The summed E-state index contributed by atoms with van der Waals surface area (Å²) in [6.07, 6.45) is 1.84. The molecule has 0 saturated carbocycles. The van der Waals surface area contributed by atoms with Crippen LogP contribution in [0, 0.1) is 0 Å². The number of rotatable bonds is 3. The van der Waals surface area contributed by atoms with Crippen LogP contribution in [0.3, 0.4) is 0 Å². The number of furan rings is 1. The molecule has 5 heteroatoms. The molecule has 3 atom stereocenters. The highest BCUT2D eigenvalue weighted by Gasteiger charge is 2.45. The van der Waals surface area contributed by atoms with Crippen LogP contribution in [0.2, 0.25) is 0 Å². The topological polar surface area (TPSA) is 41.6 Å². The van der Waals surface area contributed by atoms with Crippen molar-refractivity contribution in [2.24, 2.45) is 4.99 Å². The number of hydrogen-bond acceptors (Lipinski definition) is 5. The first-order valence-corrected chi connectivity index (χ1v) is 9.75. The Morgan fingerprint density at radius 2 is 1.88 bits per heavy atom. The summed E-state index contributed by atoms with van der Waals surface area (Å²) < 4.78 is 6.30. The summed E-state index contributed by atoms with van der Waals surface area (Å²) in [7, 11) is 0. The van der Waals surface area contributed by atoms with Gasteiger partial charge in [0.15, 0.2) is 5.17 Å². The second-order valence-electron chi connectivity index (χ2n) is 6.70. The fraction of sp³-hybridized carbons (Fsp3) is 0.238. The Morgan fingerprint density at radius 3 is 2.69 bits per heavy atom. The Hall–Kier alpha value is -2.53. The van der Waals surface area contributed by atoms with Gasteiger partial charge in [0.2, 0.25) is 0 Å². The predicted molar refractivity (Wildman–Crippen MR) is 105 cm³/mol. The van der Waals surface area contributed by atoms with Crippen LogP contribution in [0.25, 0.3) is 11.3 Å². The Morgan fingerprint density at radius 1 is 1.04 bits per heavy atom. The highest BCUT2D eigenvalue weighted by Crippen LogP contribution is 2.48. The number of nitrogens with zero attached hydrogens (tertiary/aromatic N) is 3. The average molecular weight is 361 g/mol. The van der Waals surface area contributed by atoms with E-state index in [1.54, 1.807) is 0 Å². The fourth-order valence-corrected chi connectivity index (χ4v) is 4.79. The summed E-state index contributed by atoms with van der Waals surface area (Å²) in [5.74, 6) is 1.85. The minimum absolute atomic E-state index is 0.0269. The normalized spacial score (nSPS) is 24.6. The van der Waals surface area contributed by atoms with Crippen molar-refractivity contribution in [3.63, 3.8) is 0 Å². The van der Waals surface area contributed by atoms with Gasteiger partial charge in [-0.1, -0.05) is 55.1 Å². The zero-order valence-corrected chi connectivity index (χ0v) is 15.3. The molecular weight excluding hydrogens is 342 g/mol. The average Bonchev–Trinajstić information content (AvgIpc) is 3.37. The maximum atomic E-state index is 6.30. The Balaban J connectivity index is 1.54. The zero-order chi connectivity index (χ0) is 17.5. The minimum Gasteiger partial charge on any atom is -0.459 e. The van der Waals surface area contributed by atoms with Crippen molar-refractivity contribution < 1.29 is 4.42 Å². The second kappa shape index (κ2) is 6.32. The summed E-state index contributed by atoms with van der Waals surface area (Å²) in [5, 5.41) is 1.65. The number of hydrogen-bond donors (Lipinski definition) is 0. The van der Waals surface area contributed by atoms with E-state index in [4.69, 9.17) is 9.41 Å². The van der Waals surface area contributed by atoms with Crippen LogP contribution in [-0.4, -0.2) is 26.8 Å². The third-order valence-corrected chi connectivity index (χ3v) is 5.96. The first-order valence-electron chi connectivity index (χ1n) is 8.87. The molecule has 5 rings (SSSR count). The summed E-state index contributed by atoms with van der Waals surface area (Å²) >= 11 is 1.84. The van der Waals surface area contributed by atoms with Gasteiger partial charge in [0.25, 0.3) is 0 Å². The Labute approximate surface area is 157 Å². The van der Waals surface area contributed by atoms with E-state index in [0.29, 0.717) is 5.25 Å². The molecule has 4 nitrogen and oxygen atoms in total. The van der Waals surface area contributed by atoms with Crippen molar-refractivity contribution in [3.8, 4) is 11.3 Å². The van der Waals surface area contributed by atoms with Crippen molar-refractivity contribution in [3.05, 3.63) is 78.3 Å². The molecule has 0 bridgehead atoms. The number of aliphatic imine (C=N–C) groups is 1. The lowest BCUT2D eigenvalue weighted by molar-refractivity contribution is 0.277. The Bertz CT molecular complexity index is 938. The molecule has 0 aliphatic carbocycles. The van der Waals surface area contributed by atoms with Gasteiger partial charge in [0, 0.05) is 23.6 Å². The summed E-state index contributed by atoms with van der Waals surface area (Å²) in [4.78, 5) is 11.9. The molecule has 0 radical (unpaired) electrons. The van der Waals surface area contributed by atoms with E-state index in [1.165, 1.54) is 0 Å². The van der Waals surface area contributed by atoms with Crippen molar-refractivity contribution in [2.75, 3.05) is 6.54 Å². The number of benzene rings is 1. The van der Waals surface area contributed by atoms with Crippen LogP contribution in [0.1, 0.15) is 30.5 Å². The van der Waals surface area contributed by atoms with Crippen molar-refractivity contribution in [2.45, 2.75) is 24.3 Å². The van der Waals surface area contributed by atoms with Crippen LogP contribution >= 0.6 is 11.8 Å². The fourth-order valence-electron chi connectivity index (χ4n) is 3.69. The minimum atomic E-state index is -0.0269. The lowest BCUT2D eigenvalue weighted by Crippen LogP contribution is -2.28. The highest BCUT2D eigenvalue weighted by atomic mass is 32.2. The number of amidine groups is 1. The molecule has 0 N–H and O–H groups in total. The van der Waals surface area contributed by atoms with Crippen LogP contribution in [0.4, 0.5) is 0 Å². The van der Waals surface area contributed by atoms with Crippen molar-refractivity contribution in [1.29, 1.82) is 0 Å². The number of pyridine rings is 1. The second-order valence-corrected chi connectivity index (χ2v) is 8.11. The van der Waals surface area contributed by atoms with Gasteiger partial charge >= 0.3 is 0 Å². The van der Waals surface area contributed by atoms with E-state index < -0.39 is 0 Å². The third-order valence-electron chi connectivity index (χ3n) is 4.86. The van der Waals surface area contributed by atoms with Gasteiger partial charge in [0.1, 0.15) is 23.6 Å². The number of thioether (sulfide) groups is 1. The quantitative estimate of drug-likeness (QED) is 0.663. The molecule has 0 spiro atoms. The zero-order valence-electron chi connectivity index (χ0n) is 14.4. The van der Waals surface area contributed by atoms with E-state index >= 15 is 0 Å². The van der Waals surface area contributed by atoms with Gasteiger partial charge in [-0.15, -0.1) is 0 Å². The summed E-state index contributed by atoms with van der Waals surface area (Å²) in [6.45, 7) is 3.23. The van der Waals surface area contributed by atoms with Crippen LogP contribution in [0.15, 0.2) is 76.3 Å². The largest absolute Gasteiger partial charge is 0.459 e. The molecule has 1 saturated heterocycles. The lowest BCUT2D eigenvalue weighted by atomic mass is 10.0. The molecule has 0 amide bonds. The molecule has 2 aromatic heterocycles. The molecule has 2 aliphatic heterocycles. The molecule has 1 aromatic carbocycles. The smallest absolute Gasteiger partial charge is 0.161 e. The van der Waals surface area contributed by atoms with E-state index in [0.717, 1.165) is 34.5 Å². The molecule has 1 fully saturated rings. The summed E-state index contributed by atoms with van der Waals surface area (Å²) in [6, 6.07) is 20.4. The third kappa shape index (κ3) is 2.63. The molecule has 130 valence electrons. The lowest BCUT2D eigenvalue weighted by Gasteiger charge is -2.25. The number of aromatic nitrogens is 1. The molecule has 4 heterocycles. The molecule has 2 aliphatic rings. The molecule has 26 heavy (non-hydrogen) atoms. The van der Waals surface area contributed by atoms with E-state index in [2.05, 4.69) is 47.1 Å². The monoisotopic (exact) mass is 361 g/mol. The van der Waals surface area contributed by atoms with E-state index in [1.807, 2.05) is 48.3 Å². The van der Waals surface area contributed by atoms with Gasteiger partial charge in [-0.05, 0) is 24.3 Å². The maximum absolute atomic E-state index is 6.30. The number of fused-ring (bicyclic) bond motifs is 1. The SMILES string of the molecule is C[C@@H]1CN2C(=N[C@@H](c3ccccn3)[C@@H]2c2ccc(-c3ccccc3)o2)S1. The van der Waals surface area contributed by atoms with Crippen LogP contribution in [-0.2, 0) is 0 Å². The Kier molecular flexibility index (Phi) is 3.82. The molecule has 0 unspecified atom stereocenters. The first-order chi connectivity index (χ1) is 12.8. The molecular formula is C21H19N3OS. The maximum Gasteiger partial charge on any atom is 0.161 e. The van der Waals surface area contributed by atoms with Gasteiger partial charge in [-0.2, -0.15) is 0 Å². The standard InChI is InChI=1S/C21H19N3OS/c1-14-13-24-20(18-11-10-17(25-18)15-7-3-2-4-8-15)19(23-21(24)26-14)16-9-5-6-12-22-16/h2-12,14,19-20H,13H2,1H3/t14-,19+,20+/m1/s1. The van der Waals surface area contributed by atoms with Gasteiger partial charge in [-0.25, -0.2) is 4.99 Å². The van der Waals surface area contributed by atoms with Crippen molar-refractivity contribution in [1.82, 2.24) is 9.88 Å². The van der Waals surface area contributed by atoms with Crippen LogP contribution < -0.4 is 0 Å². The first kappa shape index (κ1) is 15.7. The van der Waals surface area contributed by atoms with Gasteiger partial charge in [0.05, 0.1) is 5.69 Å². The van der Waals surface area contributed by atoms with E-state index in [-0.39, 0.29) is 12.1 Å². The van der Waals surface area contributed by atoms with Gasteiger partial charge < -0.3 is 9.32 Å².